The molecule has 0 aliphatic heterocycles. The molecule has 5 aromatic rings. The van der Waals surface area contributed by atoms with Crippen molar-refractivity contribution in [3.8, 4) is 11.1 Å². The van der Waals surface area contributed by atoms with Gasteiger partial charge in [0.15, 0.2) is 0 Å². The number of carbonyl (C=O) groups is 1. The predicted octanol–water partition coefficient (Wildman–Crippen LogP) is 4.70. The predicted molar refractivity (Wildman–Crippen MR) is 125 cm³/mol. The van der Waals surface area contributed by atoms with Crippen molar-refractivity contribution >= 4 is 50.0 Å². The van der Waals surface area contributed by atoms with Crippen LogP contribution in [0.5, 0.6) is 0 Å². The molecule has 31 heavy (non-hydrogen) atoms. The van der Waals surface area contributed by atoms with Crippen molar-refractivity contribution in [2.75, 3.05) is 11.1 Å². The lowest BCUT2D eigenvalue weighted by Crippen LogP contribution is -2.10. The van der Waals surface area contributed by atoms with E-state index in [9.17, 15) is 4.79 Å². The highest BCUT2D eigenvalue weighted by molar-refractivity contribution is 7.20. The summed E-state index contributed by atoms with van der Waals surface area (Å²) in [5.74, 6) is 0.131. The van der Waals surface area contributed by atoms with Gasteiger partial charge in [-0.15, -0.1) is 11.3 Å². The van der Waals surface area contributed by atoms with E-state index in [0.29, 0.717) is 4.88 Å². The number of nitrogen functional groups attached to an aromatic ring is 1. The number of thiophene rings is 1. The van der Waals surface area contributed by atoms with E-state index in [1.807, 2.05) is 68.0 Å². The van der Waals surface area contributed by atoms with Crippen LogP contribution in [0.15, 0.2) is 48.7 Å². The standard InChI is InChI=1S/C23H20N6OS/c1-12-4-6-16(26-21(30)20-10-18-13(2)28-29(3)22(18)31-20)9-17(12)14-5-7-19-15(8-14)11-25-23(24)27-19/h4-11H,1-3H3,(H,26,30)(H2,24,25,27). The van der Waals surface area contributed by atoms with Gasteiger partial charge < -0.3 is 11.1 Å². The zero-order valence-electron chi connectivity index (χ0n) is 17.3. The van der Waals surface area contributed by atoms with Crippen LogP contribution in [0.1, 0.15) is 20.9 Å². The van der Waals surface area contributed by atoms with Gasteiger partial charge in [-0.2, -0.15) is 5.10 Å². The molecule has 0 fully saturated rings. The molecule has 0 aliphatic rings. The summed E-state index contributed by atoms with van der Waals surface area (Å²) < 4.78 is 1.81. The zero-order chi connectivity index (χ0) is 21.7. The average molecular weight is 429 g/mol. The number of hydrogen-bond acceptors (Lipinski definition) is 6. The molecule has 5 rings (SSSR count). The normalized spacial score (nSPS) is 11.3. The van der Waals surface area contributed by atoms with Crippen molar-refractivity contribution in [3.63, 3.8) is 0 Å². The second kappa shape index (κ2) is 7.17. The van der Waals surface area contributed by atoms with Crippen molar-refractivity contribution in [3.05, 3.63) is 64.8 Å². The third kappa shape index (κ3) is 3.40. The molecule has 3 N–H and O–H groups in total. The van der Waals surface area contributed by atoms with E-state index in [4.69, 9.17) is 5.73 Å². The third-order valence-electron chi connectivity index (χ3n) is 5.32. The van der Waals surface area contributed by atoms with Gasteiger partial charge in [0.05, 0.1) is 16.1 Å². The lowest BCUT2D eigenvalue weighted by molar-refractivity contribution is 0.103. The molecule has 154 valence electrons. The van der Waals surface area contributed by atoms with E-state index in [1.54, 1.807) is 6.20 Å². The number of nitrogens with one attached hydrogen (secondary N) is 1. The molecule has 0 unspecified atom stereocenters. The summed E-state index contributed by atoms with van der Waals surface area (Å²) in [4.78, 5) is 22.9. The zero-order valence-corrected chi connectivity index (χ0v) is 18.1. The van der Waals surface area contributed by atoms with E-state index in [1.165, 1.54) is 11.3 Å². The number of aryl methyl sites for hydroxylation is 3. The lowest BCUT2D eigenvalue weighted by atomic mass is 9.98. The van der Waals surface area contributed by atoms with E-state index in [-0.39, 0.29) is 11.9 Å². The molecule has 0 saturated carbocycles. The Bertz CT molecular complexity index is 1450. The van der Waals surface area contributed by atoms with Gasteiger partial charge in [-0.25, -0.2) is 9.97 Å². The molecular weight excluding hydrogens is 408 g/mol. The molecule has 0 atom stereocenters. The number of amides is 1. The summed E-state index contributed by atoms with van der Waals surface area (Å²) >= 11 is 1.44. The van der Waals surface area contributed by atoms with Crippen LogP contribution in [0.2, 0.25) is 0 Å². The molecule has 0 saturated heterocycles. The SMILES string of the molecule is Cc1ccc(NC(=O)c2cc3c(C)nn(C)c3s2)cc1-c1ccc2nc(N)ncc2c1. The monoisotopic (exact) mass is 428 g/mol. The van der Waals surface area contributed by atoms with Crippen molar-refractivity contribution in [2.24, 2.45) is 7.05 Å². The minimum atomic E-state index is -0.127. The minimum absolute atomic E-state index is 0.127. The summed E-state index contributed by atoms with van der Waals surface area (Å²) in [6.07, 6.45) is 1.72. The Morgan fingerprint density at radius 2 is 1.97 bits per heavy atom. The Morgan fingerprint density at radius 1 is 1.13 bits per heavy atom. The molecule has 3 aromatic heterocycles. The minimum Gasteiger partial charge on any atom is -0.368 e. The molecule has 3 heterocycles. The van der Waals surface area contributed by atoms with Gasteiger partial charge in [0, 0.05) is 29.7 Å². The number of carbonyl (C=O) groups excluding carboxylic acids is 1. The second-order valence-electron chi connectivity index (χ2n) is 7.52. The first-order chi connectivity index (χ1) is 14.9. The second-order valence-corrected chi connectivity index (χ2v) is 8.55. The molecular formula is C23H20N6OS. The number of hydrogen-bond donors (Lipinski definition) is 2. The third-order valence-corrected chi connectivity index (χ3v) is 6.53. The van der Waals surface area contributed by atoms with E-state index in [0.717, 1.165) is 49.2 Å². The summed E-state index contributed by atoms with van der Waals surface area (Å²) in [5.41, 5.74) is 11.3. The maximum Gasteiger partial charge on any atom is 0.265 e. The Balaban J connectivity index is 1.47. The fourth-order valence-corrected chi connectivity index (χ4v) is 4.75. The summed E-state index contributed by atoms with van der Waals surface area (Å²) in [6, 6.07) is 13.8. The number of nitrogens with zero attached hydrogens (tertiary/aromatic N) is 4. The molecule has 0 bridgehead atoms. The van der Waals surface area contributed by atoms with Crippen LogP contribution in [0.3, 0.4) is 0 Å². The van der Waals surface area contributed by atoms with Gasteiger partial charge in [-0.05, 0) is 60.9 Å². The van der Waals surface area contributed by atoms with Crippen LogP contribution in [0, 0.1) is 13.8 Å². The van der Waals surface area contributed by atoms with E-state index < -0.39 is 0 Å². The Hall–Kier alpha value is -3.78. The van der Waals surface area contributed by atoms with Crippen molar-refractivity contribution in [1.29, 1.82) is 0 Å². The fourth-order valence-electron chi connectivity index (χ4n) is 3.74. The Morgan fingerprint density at radius 3 is 2.77 bits per heavy atom. The molecule has 0 radical (unpaired) electrons. The highest BCUT2D eigenvalue weighted by Crippen LogP contribution is 2.31. The quantitative estimate of drug-likeness (QED) is 0.434. The number of fused-ring (bicyclic) bond motifs is 2. The number of rotatable bonds is 3. The van der Waals surface area contributed by atoms with Gasteiger partial charge >= 0.3 is 0 Å². The molecule has 8 heteroatoms. The van der Waals surface area contributed by atoms with Crippen molar-refractivity contribution in [1.82, 2.24) is 19.7 Å². The lowest BCUT2D eigenvalue weighted by Gasteiger charge is -2.11. The first-order valence-corrected chi connectivity index (χ1v) is 10.6. The number of nitrogens with two attached hydrogens (primary N) is 1. The fraction of sp³-hybridized carbons (Fsp3) is 0.130. The van der Waals surface area contributed by atoms with Crippen LogP contribution in [0.25, 0.3) is 32.2 Å². The number of anilines is 2. The van der Waals surface area contributed by atoms with Gasteiger partial charge in [-0.3, -0.25) is 9.48 Å². The summed E-state index contributed by atoms with van der Waals surface area (Å²) in [7, 11) is 1.89. The topological polar surface area (TPSA) is 98.7 Å². The summed E-state index contributed by atoms with van der Waals surface area (Å²) in [6.45, 7) is 4.00. The van der Waals surface area contributed by atoms with E-state index >= 15 is 0 Å². The van der Waals surface area contributed by atoms with Crippen molar-refractivity contribution in [2.45, 2.75) is 13.8 Å². The maximum atomic E-state index is 12.9. The highest BCUT2D eigenvalue weighted by Gasteiger charge is 2.16. The molecule has 7 nitrogen and oxygen atoms in total. The van der Waals surface area contributed by atoms with Crippen LogP contribution in [-0.4, -0.2) is 25.7 Å². The Labute approximate surface area is 182 Å². The summed E-state index contributed by atoms with van der Waals surface area (Å²) in [5, 5.41) is 9.35. The van der Waals surface area contributed by atoms with Crippen LogP contribution < -0.4 is 11.1 Å². The van der Waals surface area contributed by atoms with Gasteiger partial charge in [0.1, 0.15) is 4.83 Å². The van der Waals surface area contributed by atoms with Gasteiger partial charge in [0.25, 0.3) is 5.91 Å². The van der Waals surface area contributed by atoms with Crippen LogP contribution in [0.4, 0.5) is 11.6 Å². The average Bonchev–Trinajstić information content (AvgIpc) is 3.30. The van der Waals surface area contributed by atoms with E-state index in [2.05, 4.69) is 20.4 Å². The largest absolute Gasteiger partial charge is 0.368 e. The number of benzene rings is 2. The molecule has 2 aromatic carbocycles. The maximum absolute atomic E-state index is 12.9. The Kier molecular flexibility index (Phi) is 4.44. The van der Waals surface area contributed by atoms with Crippen LogP contribution >= 0.6 is 11.3 Å². The smallest absolute Gasteiger partial charge is 0.265 e. The first-order valence-electron chi connectivity index (χ1n) is 9.77. The van der Waals surface area contributed by atoms with Gasteiger partial charge in [0.2, 0.25) is 5.95 Å². The van der Waals surface area contributed by atoms with Crippen LogP contribution in [-0.2, 0) is 7.05 Å². The number of aromatic nitrogens is 4. The first kappa shape index (κ1) is 19.2. The van der Waals surface area contributed by atoms with Crippen molar-refractivity contribution < 1.29 is 4.79 Å². The highest BCUT2D eigenvalue weighted by atomic mass is 32.1. The molecule has 0 spiro atoms. The molecule has 0 aliphatic carbocycles. The molecule has 1 amide bonds. The van der Waals surface area contributed by atoms with Gasteiger partial charge in [-0.1, -0.05) is 12.1 Å².